The van der Waals surface area contributed by atoms with Crippen molar-refractivity contribution in [2.24, 2.45) is 0 Å². The number of anilines is 1. The second-order valence-corrected chi connectivity index (χ2v) is 9.15. The monoisotopic (exact) mass is 360 g/mol. The zero-order valence-corrected chi connectivity index (χ0v) is 15.4. The van der Waals surface area contributed by atoms with E-state index in [-0.39, 0.29) is 0 Å². The molecule has 1 aromatic carbocycles. The second-order valence-electron chi connectivity index (χ2n) is 7.13. The van der Waals surface area contributed by atoms with Gasteiger partial charge in [0.2, 0.25) is 0 Å². The van der Waals surface area contributed by atoms with Crippen LogP contribution in [0.1, 0.15) is 25.7 Å². The van der Waals surface area contributed by atoms with E-state index in [0.717, 1.165) is 36.2 Å². The van der Waals surface area contributed by atoms with Crippen LogP contribution in [0.2, 0.25) is 0 Å². The highest BCUT2D eigenvalue weighted by molar-refractivity contribution is 7.90. The van der Waals surface area contributed by atoms with Crippen LogP contribution in [-0.4, -0.2) is 61.8 Å². The number of hydrogen-bond acceptors (Lipinski definition) is 6. The van der Waals surface area contributed by atoms with Gasteiger partial charge in [0.05, 0.1) is 10.4 Å². The first kappa shape index (κ1) is 16.7. The summed E-state index contributed by atoms with van der Waals surface area (Å²) in [6.45, 7) is 4.30. The van der Waals surface area contributed by atoms with Crippen molar-refractivity contribution in [3.8, 4) is 0 Å². The zero-order chi connectivity index (χ0) is 17.4. The maximum Gasteiger partial charge on any atom is 0.175 e. The van der Waals surface area contributed by atoms with Gasteiger partial charge in [-0.15, -0.1) is 0 Å². The summed E-state index contributed by atoms with van der Waals surface area (Å²) in [7, 11) is -3.25. The summed E-state index contributed by atoms with van der Waals surface area (Å²) in [6.07, 6.45) is 7.78. The van der Waals surface area contributed by atoms with Crippen molar-refractivity contribution in [3.63, 3.8) is 0 Å². The molecule has 0 bridgehead atoms. The first-order chi connectivity index (χ1) is 12.0. The van der Waals surface area contributed by atoms with Gasteiger partial charge in [0, 0.05) is 30.8 Å². The summed E-state index contributed by atoms with van der Waals surface area (Å²) in [5.74, 6) is 0.861. The van der Waals surface area contributed by atoms with Crippen molar-refractivity contribution in [1.29, 1.82) is 0 Å². The topological polar surface area (TPSA) is 66.4 Å². The van der Waals surface area contributed by atoms with Crippen molar-refractivity contribution < 1.29 is 8.42 Å². The average molecular weight is 360 g/mol. The number of aromatic nitrogens is 2. The molecule has 2 aromatic rings. The smallest absolute Gasteiger partial charge is 0.175 e. The third-order valence-electron chi connectivity index (χ3n) is 5.37. The third kappa shape index (κ3) is 3.35. The van der Waals surface area contributed by atoms with E-state index in [2.05, 4.69) is 19.8 Å². The van der Waals surface area contributed by atoms with Crippen LogP contribution in [0.4, 0.5) is 5.82 Å². The summed E-state index contributed by atoms with van der Waals surface area (Å²) in [5.41, 5.74) is 0.792. The highest BCUT2D eigenvalue weighted by Gasteiger charge is 2.28. The van der Waals surface area contributed by atoms with Crippen LogP contribution in [0, 0.1) is 0 Å². The first-order valence-corrected chi connectivity index (χ1v) is 10.9. The second kappa shape index (κ2) is 6.53. The molecule has 0 spiro atoms. The number of likely N-dealkylation sites (tertiary alicyclic amines) is 1. The van der Waals surface area contributed by atoms with Gasteiger partial charge in [-0.2, -0.15) is 0 Å². The molecule has 0 aliphatic carbocycles. The van der Waals surface area contributed by atoms with Gasteiger partial charge in [0.1, 0.15) is 12.1 Å². The van der Waals surface area contributed by atoms with Crippen molar-refractivity contribution >= 4 is 26.6 Å². The van der Waals surface area contributed by atoms with Crippen LogP contribution >= 0.6 is 0 Å². The van der Waals surface area contributed by atoms with Crippen LogP contribution in [-0.2, 0) is 9.84 Å². The largest absolute Gasteiger partial charge is 0.354 e. The lowest BCUT2D eigenvalue weighted by Crippen LogP contribution is -2.47. The number of hydrogen-bond donors (Lipinski definition) is 0. The van der Waals surface area contributed by atoms with E-state index < -0.39 is 9.84 Å². The zero-order valence-electron chi connectivity index (χ0n) is 14.6. The lowest BCUT2D eigenvalue weighted by Gasteiger charge is -2.38. The van der Waals surface area contributed by atoms with Gasteiger partial charge in [-0.1, -0.05) is 0 Å². The maximum atomic E-state index is 11.9. The van der Waals surface area contributed by atoms with E-state index in [9.17, 15) is 8.42 Å². The standard InChI is InChI=1S/C18H24N4O2S/c1-25(23,24)15-6-7-17-16(11-15)18(20-13-19-17)22-10-4-5-14(12-22)21-8-2-3-9-21/h6-7,11,13-14H,2-5,8-10,12H2,1H3. The van der Waals surface area contributed by atoms with Gasteiger partial charge in [0.25, 0.3) is 0 Å². The van der Waals surface area contributed by atoms with E-state index in [1.807, 2.05) is 0 Å². The van der Waals surface area contributed by atoms with Gasteiger partial charge in [-0.3, -0.25) is 4.90 Å². The van der Waals surface area contributed by atoms with Crippen molar-refractivity contribution in [2.45, 2.75) is 36.6 Å². The van der Waals surface area contributed by atoms with Crippen LogP contribution in [0.3, 0.4) is 0 Å². The number of fused-ring (bicyclic) bond motifs is 1. The molecule has 2 fully saturated rings. The fraction of sp³-hybridized carbons (Fsp3) is 0.556. The van der Waals surface area contributed by atoms with Crippen molar-refractivity contribution in [2.75, 3.05) is 37.3 Å². The number of rotatable bonds is 3. The first-order valence-electron chi connectivity index (χ1n) is 8.96. The number of benzene rings is 1. The minimum absolute atomic E-state index is 0.323. The van der Waals surface area contributed by atoms with Crippen LogP contribution in [0.5, 0.6) is 0 Å². The molecule has 7 heteroatoms. The molecule has 0 saturated carbocycles. The summed E-state index contributed by atoms with van der Waals surface area (Å²) in [6, 6.07) is 5.69. The highest BCUT2D eigenvalue weighted by atomic mass is 32.2. The summed E-state index contributed by atoms with van der Waals surface area (Å²) in [5, 5.41) is 0.826. The minimum Gasteiger partial charge on any atom is -0.354 e. The van der Waals surface area contributed by atoms with Crippen molar-refractivity contribution in [3.05, 3.63) is 24.5 Å². The van der Waals surface area contributed by atoms with Gasteiger partial charge in [-0.25, -0.2) is 18.4 Å². The number of piperidine rings is 1. The molecule has 3 heterocycles. The van der Waals surface area contributed by atoms with E-state index in [0.29, 0.717) is 10.9 Å². The molecule has 0 N–H and O–H groups in total. The quantitative estimate of drug-likeness (QED) is 0.835. The van der Waals surface area contributed by atoms with Crippen LogP contribution < -0.4 is 4.90 Å². The Morgan fingerprint density at radius 2 is 1.88 bits per heavy atom. The van der Waals surface area contributed by atoms with E-state index in [1.165, 1.54) is 38.6 Å². The SMILES string of the molecule is CS(=O)(=O)c1ccc2ncnc(N3CCCC(N4CCCC4)C3)c2c1. The number of sulfone groups is 1. The molecule has 2 saturated heterocycles. The maximum absolute atomic E-state index is 11.9. The Labute approximate surface area is 148 Å². The summed E-state index contributed by atoms with van der Waals surface area (Å²) < 4.78 is 23.9. The van der Waals surface area contributed by atoms with Gasteiger partial charge >= 0.3 is 0 Å². The molecule has 4 rings (SSSR count). The van der Waals surface area contributed by atoms with Gasteiger partial charge in [0.15, 0.2) is 9.84 Å². The predicted octanol–water partition coefficient (Wildman–Crippen LogP) is 2.10. The Kier molecular flexibility index (Phi) is 4.37. The normalized spacial score (nSPS) is 22.6. The molecule has 0 radical (unpaired) electrons. The van der Waals surface area contributed by atoms with Gasteiger partial charge < -0.3 is 4.90 Å². The highest BCUT2D eigenvalue weighted by Crippen LogP contribution is 2.29. The average Bonchev–Trinajstić information content (AvgIpc) is 3.15. The molecule has 134 valence electrons. The molecule has 2 aliphatic heterocycles. The molecule has 1 aromatic heterocycles. The van der Waals surface area contributed by atoms with Crippen LogP contribution in [0.15, 0.2) is 29.4 Å². The fourth-order valence-corrected chi connectivity index (χ4v) is 4.70. The predicted molar refractivity (Wildman–Crippen MR) is 98.7 cm³/mol. The summed E-state index contributed by atoms with van der Waals surface area (Å²) >= 11 is 0. The molecule has 0 amide bonds. The van der Waals surface area contributed by atoms with Crippen molar-refractivity contribution in [1.82, 2.24) is 14.9 Å². The Balaban J connectivity index is 1.70. The molecular formula is C18H24N4O2S. The molecule has 25 heavy (non-hydrogen) atoms. The molecule has 2 aliphatic rings. The van der Waals surface area contributed by atoms with E-state index >= 15 is 0 Å². The minimum atomic E-state index is -3.25. The lowest BCUT2D eigenvalue weighted by atomic mass is 10.0. The fourth-order valence-electron chi connectivity index (χ4n) is 4.06. The Bertz CT molecular complexity index is 878. The Hall–Kier alpha value is -1.73. The molecule has 1 atom stereocenters. The number of nitrogens with zero attached hydrogens (tertiary/aromatic N) is 4. The Morgan fingerprint density at radius 1 is 1.08 bits per heavy atom. The molecule has 6 nitrogen and oxygen atoms in total. The lowest BCUT2D eigenvalue weighted by molar-refractivity contribution is 0.215. The van der Waals surface area contributed by atoms with Crippen LogP contribution in [0.25, 0.3) is 10.9 Å². The third-order valence-corrected chi connectivity index (χ3v) is 6.48. The van der Waals surface area contributed by atoms with E-state index in [4.69, 9.17) is 0 Å². The molecular weight excluding hydrogens is 336 g/mol. The molecule has 1 unspecified atom stereocenters. The van der Waals surface area contributed by atoms with Gasteiger partial charge in [-0.05, 0) is 57.0 Å². The summed E-state index contributed by atoms with van der Waals surface area (Å²) in [4.78, 5) is 14.1. The van der Waals surface area contributed by atoms with E-state index in [1.54, 1.807) is 24.5 Å². The Morgan fingerprint density at radius 3 is 2.64 bits per heavy atom.